The van der Waals surface area contributed by atoms with Crippen LogP contribution in [0.2, 0.25) is 0 Å². The van der Waals surface area contributed by atoms with Gasteiger partial charge in [-0.3, -0.25) is 4.79 Å². The van der Waals surface area contributed by atoms with Gasteiger partial charge in [0.25, 0.3) is 0 Å². The highest BCUT2D eigenvalue weighted by Gasteiger charge is 2.40. The molecule has 1 heterocycles. The number of likely N-dealkylation sites (tertiary alicyclic amines) is 1. The van der Waals surface area contributed by atoms with Crippen LogP contribution in [-0.4, -0.2) is 46.7 Å². The van der Waals surface area contributed by atoms with Gasteiger partial charge in [0.05, 0.1) is 18.2 Å². The first-order chi connectivity index (χ1) is 8.75. The maximum absolute atomic E-state index is 12.4. The first-order valence-electron chi connectivity index (χ1n) is 7.50. The van der Waals surface area contributed by atoms with E-state index in [1.807, 2.05) is 4.90 Å². The van der Waals surface area contributed by atoms with Crippen LogP contribution in [0.4, 0.5) is 0 Å². The average Bonchev–Trinajstić information content (AvgIpc) is 3.12. The van der Waals surface area contributed by atoms with Crippen LogP contribution in [0, 0.1) is 0 Å². The Balaban J connectivity index is 1.62. The fourth-order valence-electron chi connectivity index (χ4n) is 3.35. The van der Waals surface area contributed by atoms with Crippen LogP contribution < -0.4 is 5.32 Å². The quantitative estimate of drug-likeness (QED) is 0.738. The molecule has 1 saturated heterocycles. The summed E-state index contributed by atoms with van der Waals surface area (Å²) in [5.74, 6) is 0.229. The zero-order chi connectivity index (χ0) is 12.5. The smallest absolute Gasteiger partial charge is 0.240 e. The van der Waals surface area contributed by atoms with Crippen LogP contribution in [0.15, 0.2) is 0 Å². The molecule has 18 heavy (non-hydrogen) atoms. The van der Waals surface area contributed by atoms with Gasteiger partial charge in [-0.15, -0.1) is 0 Å². The lowest BCUT2D eigenvalue weighted by molar-refractivity contribution is -0.133. The topological polar surface area (TPSA) is 52.6 Å². The summed E-state index contributed by atoms with van der Waals surface area (Å²) in [6.07, 6.45) is 8.31. The monoisotopic (exact) mass is 252 g/mol. The minimum Gasteiger partial charge on any atom is -0.391 e. The first-order valence-corrected chi connectivity index (χ1v) is 7.50. The van der Waals surface area contributed by atoms with Crippen molar-refractivity contribution in [1.82, 2.24) is 10.2 Å². The van der Waals surface area contributed by atoms with Gasteiger partial charge in [0.2, 0.25) is 5.91 Å². The summed E-state index contributed by atoms with van der Waals surface area (Å²) in [4.78, 5) is 14.3. The lowest BCUT2D eigenvalue weighted by atomic mass is 10.0. The highest BCUT2D eigenvalue weighted by Crippen LogP contribution is 2.28. The van der Waals surface area contributed by atoms with Gasteiger partial charge in [-0.1, -0.05) is 19.3 Å². The second-order valence-electron chi connectivity index (χ2n) is 6.09. The summed E-state index contributed by atoms with van der Waals surface area (Å²) in [5.41, 5.74) is 0. The van der Waals surface area contributed by atoms with Crippen LogP contribution >= 0.6 is 0 Å². The Bertz CT molecular complexity index is 317. The van der Waals surface area contributed by atoms with Crippen molar-refractivity contribution >= 4 is 5.91 Å². The van der Waals surface area contributed by atoms with Crippen LogP contribution in [0.5, 0.6) is 0 Å². The summed E-state index contributed by atoms with van der Waals surface area (Å²) in [5, 5.41) is 13.6. The fraction of sp³-hybridized carbons (Fsp3) is 0.929. The van der Waals surface area contributed by atoms with E-state index in [-0.39, 0.29) is 24.1 Å². The Morgan fingerprint density at radius 1 is 1.06 bits per heavy atom. The highest BCUT2D eigenvalue weighted by atomic mass is 16.3. The Kier molecular flexibility index (Phi) is 3.57. The van der Waals surface area contributed by atoms with Crippen molar-refractivity contribution in [3.63, 3.8) is 0 Å². The van der Waals surface area contributed by atoms with E-state index in [1.54, 1.807) is 0 Å². The standard InChI is InChI=1S/C14H24N2O2/c17-13-5-3-1-2-4-12(13)16-9-8-11(14(16)18)15-10-6-7-10/h10-13,15,17H,1-9H2. The molecule has 2 aliphatic carbocycles. The molecule has 3 aliphatic rings. The highest BCUT2D eigenvalue weighted by molar-refractivity contribution is 5.84. The summed E-state index contributed by atoms with van der Waals surface area (Å²) < 4.78 is 0. The van der Waals surface area contributed by atoms with Crippen molar-refractivity contribution in [1.29, 1.82) is 0 Å². The van der Waals surface area contributed by atoms with Gasteiger partial charge in [0.1, 0.15) is 0 Å². The molecule has 3 unspecified atom stereocenters. The third-order valence-corrected chi connectivity index (χ3v) is 4.60. The Morgan fingerprint density at radius 2 is 1.83 bits per heavy atom. The molecule has 0 bridgehead atoms. The molecule has 2 saturated carbocycles. The zero-order valence-corrected chi connectivity index (χ0v) is 11.0. The van der Waals surface area contributed by atoms with Gasteiger partial charge in [-0.2, -0.15) is 0 Å². The number of carbonyl (C=O) groups excluding carboxylic acids is 1. The summed E-state index contributed by atoms with van der Waals surface area (Å²) in [6.45, 7) is 0.824. The predicted molar refractivity (Wildman–Crippen MR) is 69.2 cm³/mol. The third kappa shape index (κ3) is 2.54. The van der Waals surface area contributed by atoms with Gasteiger partial charge in [-0.25, -0.2) is 0 Å². The number of hydrogen-bond acceptors (Lipinski definition) is 3. The molecule has 0 aromatic rings. The fourth-order valence-corrected chi connectivity index (χ4v) is 3.35. The second kappa shape index (κ2) is 5.17. The molecular formula is C14H24N2O2. The van der Waals surface area contributed by atoms with Crippen LogP contribution in [-0.2, 0) is 4.79 Å². The molecule has 0 aromatic heterocycles. The van der Waals surface area contributed by atoms with Gasteiger partial charge >= 0.3 is 0 Å². The molecule has 3 atom stereocenters. The Labute approximate surface area is 109 Å². The summed E-state index contributed by atoms with van der Waals surface area (Å²) in [7, 11) is 0. The maximum atomic E-state index is 12.4. The number of aliphatic hydroxyl groups is 1. The molecule has 3 fully saturated rings. The second-order valence-corrected chi connectivity index (χ2v) is 6.09. The molecule has 102 valence electrons. The molecule has 4 heteroatoms. The lowest BCUT2D eigenvalue weighted by Crippen LogP contribution is -2.47. The SMILES string of the molecule is O=C1C(NC2CC2)CCN1C1CCCCCC1O. The van der Waals surface area contributed by atoms with Crippen molar-refractivity contribution in [3.05, 3.63) is 0 Å². The van der Waals surface area contributed by atoms with Crippen LogP contribution in [0.25, 0.3) is 0 Å². The van der Waals surface area contributed by atoms with E-state index in [9.17, 15) is 9.90 Å². The van der Waals surface area contributed by atoms with E-state index >= 15 is 0 Å². The summed E-state index contributed by atoms with van der Waals surface area (Å²) >= 11 is 0. The number of nitrogens with one attached hydrogen (secondary N) is 1. The number of amides is 1. The number of aliphatic hydroxyl groups excluding tert-OH is 1. The average molecular weight is 252 g/mol. The molecule has 0 radical (unpaired) electrons. The van der Waals surface area contributed by atoms with Crippen molar-refractivity contribution in [2.24, 2.45) is 0 Å². The molecule has 4 nitrogen and oxygen atoms in total. The van der Waals surface area contributed by atoms with E-state index in [1.165, 1.54) is 19.3 Å². The maximum Gasteiger partial charge on any atom is 0.240 e. The number of carbonyl (C=O) groups is 1. The van der Waals surface area contributed by atoms with E-state index in [0.717, 1.165) is 38.6 Å². The van der Waals surface area contributed by atoms with Crippen molar-refractivity contribution < 1.29 is 9.90 Å². The molecule has 0 spiro atoms. The summed E-state index contributed by atoms with van der Waals surface area (Å²) in [6, 6.07) is 0.678. The van der Waals surface area contributed by atoms with E-state index in [2.05, 4.69) is 5.32 Å². The van der Waals surface area contributed by atoms with E-state index < -0.39 is 0 Å². The largest absolute Gasteiger partial charge is 0.391 e. The molecule has 3 rings (SSSR count). The third-order valence-electron chi connectivity index (χ3n) is 4.60. The first kappa shape index (κ1) is 12.4. The number of nitrogens with zero attached hydrogens (tertiary/aromatic N) is 1. The van der Waals surface area contributed by atoms with Crippen molar-refractivity contribution in [2.45, 2.75) is 75.6 Å². The van der Waals surface area contributed by atoms with Crippen LogP contribution in [0.1, 0.15) is 51.4 Å². The zero-order valence-electron chi connectivity index (χ0n) is 11.0. The van der Waals surface area contributed by atoms with Crippen molar-refractivity contribution in [3.8, 4) is 0 Å². The van der Waals surface area contributed by atoms with Crippen LogP contribution in [0.3, 0.4) is 0 Å². The minimum absolute atomic E-state index is 0.0213. The normalized spacial score (nSPS) is 37.9. The van der Waals surface area contributed by atoms with Crippen molar-refractivity contribution in [2.75, 3.05) is 6.54 Å². The molecule has 1 amide bonds. The molecule has 0 aromatic carbocycles. The number of rotatable bonds is 3. The van der Waals surface area contributed by atoms with Gasteiger partial charge < -0.3 is 15.3 Å². The Hall–Kier alpha value is -0.610. The Morgan fingerprint density at radius 3 is 2.61 bits per heavy atom. The predicted octanol–water partition coefficient (Wildman–Crippen LogP) is 1.03. The van der Waals surface area contributed by atoms with Gasteiger partial charge in [0, 0.05) is 12.6 Å². The molecule has 2 N–H and O–H groups in total. The minimum atomic E-state index is -0.309. The molecular weight excluding hydrogens is 228 g/mol. The number of hydrogen-bond donors (Lipinski definition) is 2. The van der Waals surface area contributed by atoms with Gasteiger partial charge in [-0.05, 0) is 32.1 Å². The van der Waals surface area contributed by atoms with Gasteiger partial charge in [0.15, 0.2) is 0 Å². The van der Waals surface area contributed by atoms with E-state index in [0.29, 0.717) is 6.04 Å². The molecule has 1 aliphatic heterocycles. The lowest BCUT2D eigenvalue weighted by Gasteiger charge is -2.30. The van der Waals surface area contributed by atoms with E-state index in [4.69, 9.17) is 0 Å².